The third kappa shape index (κ3) is 2.58. The van der Waals surface area contributed by atoms with Crippen molar-refractivity contribution in [1.82, 2.24) is 5.32 Å². The van der Waals surface area contributed by atoms with Gasteiger partial charge in [-0.05, 0) is 24.3 Å². The molecule has 16 heavy (non-hydrogen) atoms. The molecule has 0 aliphatic heterocycles. The number of carbonyl (C=O) groups is 1. The molecular formula is C12H16ClNOS. The van der Waals surface area contributed by atoms with E-state index in [-0.39, 0.29) is 11.4 Å². The number of hydrogen-bond acceptors (Lipinski definition) is 2. The van der Waals surface area contributed by atoms with Crippen molar-refractivity contribution in [2.24, 2.45) is 0 Å². The van der Waals surface area contributed by atoms with Crippen LogP contribution < -0.4 is 5.32 Å². The van der Waals surface area contributed by atoms with Gasteiger partial charge in [0.05, 0.1) is 10.4 Å². The Labute approximate surface area is 105 Å². The van der Waals surface area contributed by atoms with Gasteiger partial charge in [0.2, 0.25) is 0 Å². The maximum absolute atomic E-state index is 12.0. The quantitative estimate of drug-likeness (QED) is 0.826. The molecule has 1 heterocycles. The number of halogens is 1. The second-order valence-corrected chi connectivity index (χ2v) is 5.62. The molecule has 2 rings (SSSR count). The Morgan fingerprint density at radius 1 is 1.44 bits per heavy atom. The van der Waals surface area contributed by atoms with Crippen molar-refractivity contribution in [3.05, 3.63) is 22.4 Å². The molecule has 1 saturated carbocycles. The molecule has 1 aromatic rings. The summed E-state index contributed by atoms with van der Waals surface area (Å²) in [5.41, 5.74) is -0.166. The maximum atomic E-state index is 12.0. The minimum atomic E-state index is -0.166. The summed E-state index contributed by atoms with van der Waals surface area (Å²) >= 11 is 7.50. The summed E-state index contributed by atoms with van der Waals surface area (Å²) < 4.78 is 0. The Morgan fingerprint density at radius 3 is 2.75 bits per heavy atom. The molecule has 1 N–H and O–H groups in total. The molecule has 0 unspecified atom stereocenters. The highest BCUT2D eigenvalue weighted by molar-refractivity contribution is 7.12. The number of amides is 1. The lowest BCUT2D eigenvalue weighted by Crippen LogP contribution is -2.51. The molecule has 88 valence electrons. The van der Waals surface area contributed by atoms with Crippen molar-refractivity contribution in [3.8, 4) is 0 Å². The first-order valence-electron chi connectivity index (χ1n) is 5.68. The summed E-state index contributed by atoms with van der Waals surface area (Å²) in [7, 11) is 0. The molecule has 0 atom stereocenters. The highest BCUT2D eigenvalue weighted by atomic mass is 35.5. The summed E-state index contributed by atoms with van der Waals surface area (Å²) in [5, 5.41) is 5.04. The van der Waals surface area contributed by atoms with E-state index in [4.69, 9.17) is 11.6 Å². The number of nitrogens with one attached hydrogen (secondary N) is 1. The van der Waals surface area contributed by atoms with Crippen LogP contribution >= 0.6 is 22.9 Å². The van der Waals surface area contributed by atoms with Crippen LogP contribution in [0.1, 0.15) is 41.8 Å². The molecule has 4 heteroatoms. The first kappa shape index (κ1) is 11.9. The Morgan fingerprint density at radius 2 is 2.19 bits per heavy atom. The molecule has 1 aliphatic carbocycles. The molecule has 1 fully saturated rings. The lowest BCUT2D eigenvalue weighted by molar-refractivity contribution is 0.0889. The average molecular weight is 258 g/mol. The first-order valence-corrected chi connectivity index (χ1v) is 7.09. The van der Waals surface area contributed by atoms with Gasteiger partial charge in [0.1, 0.15) is 0 Å². The fourth-order valence-corrected chi connectivity index (χ4v) is 3.18. The van der Waals surface area contributed by atoms with Crippen LogP contribution in [-0.2, 0) is 0 Å². The van der Waals surface area contributed by atoms with Gasteiger partial charge in [0.15, 0.2) is 0 Å². The van der Waals surface area contributed by atoms with Gasteiger partial charge in [0.25, 0.3) is 5.91 Å². The van der Waals surface area contributed by atoms with Crippen LogP contribution in [0.4, 0.5) is 0 Å². The van der Waals surface area contributed by atoms with E-state index in [2.05, 4.69) is 5.32 Å². The van der Waals surface area contributed by atoms with Gasteiger partial charge >= 0.3 is 0 Å². The topological polar surface area (TPSA) is 29.1 Å². The van der Waals surface area contributed by atoms with E-state index in [1.54, 1.807) is 0 Å². The molecule has 0 aromatic carbocycles. The highest BCUT2D eigenvalue weighted by Gasteiger charge is 2.33. The maximum Gasteiger partial charge on any atom is 0.261 e. The van der Waals surface area contributed by atoms with Gasteiger partial charge < -0.3 is 5.32 Å². The zero-order chi connectivity index (χ0) is 11.4. The second kappa shape index (κ2) is 5.19. The van der Waals surface area contributed by atoms with Crippen molar-refractivity contribution in [3.63, 3.8) is 0 Å². The minimum Gasteiger partial charge on any atom is -0.345 e. The predicted molar refractivity (Wildman–Crippen MR) is 68.3 cm³/mol. The van der Waals surface area contributed by atoms with E-state index >= 15 is 0 Å². The van der Waals surface area contributed by atoms with Crippen molar-refractivity contribution in [2.75, 3.05) is 5.88 Å². The molecule has 1 amide bonds. The summed E-state index contributed by atoms with van der Waals surface area (Å²) in [4.78, 5) is 12.8. The Balaban J connectivity index is 2.03. The largest absolute Gasteiger partial charge is 0.345 e. The smallest absolute Gasteiger partial charge is 0.261 e. The lowest BCUT2D eigenvalue weighted by Gasteiger charge is -2.36. The molecular weight excluding hydrogens is 242 g/mol. The predicted octanol–water partition coefficient (Wildman–Crippen LogP) is 3.42. The fraction of sp³-hybridized carbons (Fsp3) is 0.583. The SMILES string of the molecule is O=C(NC1(CCl)CCCCC1)c1cccs1. The Bertz CT molecular complexity index is 344. The summed E-state index contributed by atoms with van der Waals surface area (Å²) in [6.07, 6.45) is 5.60. The van der Waals surface area contributed by atoms with Crippen molar-refractivity contribution >= 4 is 28.8 Å². The van der Waals surface area contributed by atoms with Crippen LogP contribution in [0.5, 0.6) is 0 Å². The molecule has 1 aromatic heterocycles. The fourth-order valence-electron chi connectivity index (χ4n) is 2.23. The second-order valence-electron chi connectivity index (χ2n) is 4.41. The Kier molecular flexibility index (Phi) is 3.87. The third-order valence-corrected chi connectivity index (χ3v) is 4.57. The first-order chi connectivity index (χ1) is 7.76. The van der Waals surface area contributed by atoms with Crippen molar-refractivity contribution in [1.29, 1.82) is 0 Å². The Hall–Kier alpha value is -0.540. The zero-order valence-electron chi connectivity index (χ0n) is 9.17. The van der Waals surface area contributed by atoms with Crippen molar-refractivity contribution in [2.45, 2.75) is 37.6 Å². The number of alkyl halides is 1. The number of thiophene rings is 1. The summed E-state index contributed by atoms with van der Waals surface area (Å²) in [6, 6.07) is 3.75. The standard InChI is InChI=1S/C12H16ClNOS/c13-9-12(6-2-1-3-7-12)14-11(15)10-5-4-8-16-10/h4-5,8H,1-3,6-7,9H2,(H,14,15). The van der Waals surface area contributed by atoms with E-state index in [0.29, 0.717) is 5.88 Å². The van der Waals surface area contributed by atoms with Crippen LogP contribution in [0.3, 0.4) is 0 Å². The van der Waals surface area contributed by atoms with E-state index in [9.17, 15) is 4.79 Å². The van der Waals surface area contributed by atoms with Crippen LogP contribution in [0.2, 0.25) is 0 Å². The van der Waals surface area contributed by atoms with Crippen LogP contribution in [0, 0.1) is 0 Å². The van der Waals surface area contributed by atoms with E-state index in [1.165, 1.54) is 17.8 Å². The molecule has 1 aliphatic rings. The highest BCUT2D eigenvalue weighted by Crippen LogP contribution is 2.29. The third-order valence-electron chi connectivity index (χ3n) is 3.19. The van der Waals surface area contributed by atoms with Gasteiger partial charge in [-0.3, -0.25) is 4.79 Å². The lowest BCUT2D eigenvalue weighted by atomic mass is 9.83. The average Bonchev–Trinajstić information content (AvgIpc) is 2.84. The number of rotatable bonds is 3. The van der Waals surface area contributed by atoms with Crippen molar-refractivity contribution < 1.29 is 4.79 Å². The zero-order valence-corrected chi connectivity index (χ0v) is 10.7. The molecule has 0 bridgehead atoms. The summed E-state index contributed by atoms with van der Waals surface area (Å²) in [5.74, 6) is 0.543. The van der Waals surface area contributed by atoms with Gasteiger partial charge in [-0.2, -0.15) is 0 Å². The molecule has 0 spiro atoms. The van der Waals surface area contributed by atoms with Crippen LogP contribution in [-0.4, -0.2) is 17.3 Å². The summed E-state index contributed by atoms with van der Waals surface area (Å²) in [6.45, 7) is 0. The van der Waals surface area contributed by atoms with Gasteiger partial charge in [0, 0.05) is 5.88 Å². The number of carbonyl (C=O) groups excluding carboxylic acids is 1. The van der Waals surface area contributed by atoms with Gasteiger partial charge in [-0.15, -0.1) is 22.9 Å². The molecule has 0 radical (unpaired) electrons. The van der Waals surface area contributed by atoms with E-state index in [1.807, 2.05) is 17.5 Å². The normalized spacial score (nSPS) is 19.3. The van der Waals surface area contributed by atoms with Crippen LogP contribution in [0.15, 0.2) is 17.5 Å². The minimum absolute atomic E-state index is 0.0255. The molecule has 2 nitrogen and oxygen atoms in total. The monoisotopic (exact) mass is 257 g/mol. The van der Waals surface area contributed by atoms with E-state index < -0.39 is 0 Å². The van der Waals surface area contributed by atoms with E-state index in [0.717, 1.165) is 30.6 Å². The molecule has 0 saturated heterocycles. The number of hydrogen-bond donors (Lipinski definition) is 1. The van der Waals surface area contributed by atoms with Crippen LogP contribution in [0.25, 0.3) is 0 Å². The van der Waals surface area contributed by atoms with Gasteiger partial charge in [-0.25, -0.2) is 0 Å². The van der Waals surface area contributed by atoms with Gasteiger partial charge in [-0.1, -0.05) is 25.3 Å².